The molecule has 1 N–H and O–H groups in total. The van der Waals surface area contributed by atoms with Gasteiger partial charge in [-0.3, -0.25) is 4.79 Å². The first kappa shape index (κ1) is 14.9. The molecular formula is C20H30O2. The normalized spacial score (nSPS) is 54.3. The summed E-state index contributed by atoms with van der Waals surface area (Å²) in [5.41, 5.74) is 1.32. The standard InChI is InChI=1S/C20H30O2/c1-18-9-6-14(21)12-13(18)4-5-15-16(18)7-10-19(2)17(15)8-11-20(19,3)22/h12,15-17,22H,4-11H2,1-3H3/t15-,16+,17-,18+,19-,20-/m0/s1. The Labute approximate surface area is 134 Å². The van der Waals surface area contributed by atoms with Crippen LogP contribution in [0, 0.1) is 28.6 Å². The molecule has 0 radical (unpaired) electrons. The van der Waals surface area contributed by atoms with E-state index in [4.69, 9.17) is 0 Å². The summed E-state index contributed by atoms with van der Waals surface area (Å²) in [4.78, 5) is 11.8. The summed E-state index contributed by atoms with van der Waals surface area (Å²) < 4.78 is 0. The summed E-state index contributed by atoms with van der Waals surface area (Å²) in [5.74, 6) is 2.50. The van der Waals surface area contributed by atoms with E-state index in [9.17, 15) is 9.90 Å². The van der Waals surface area contributed by atoms with Gasteiger partial charge in [0.15, 0.2) is 5.78 Å². The Hall–Kier alpha value is -0.630. The summed E-state index contributed by atoms with van der Waals surface area (Å²) >= 11 is 0. The first-order valence-corrected chi connectivity index (χ1v) is 9.24. The van der Waals surface area contributed by atoms with Crippen LogP contribution in [0.25, 0.3) is 0 Å². The maximum atomic E-state index is 11.8. The average Bonchev–Trinajstić information content (AvgIpc) is 2.70. The predicted octanol–water partition coefficient (Wildman–Crippen LogP) is 4.27. The van der Waals surface area contributed by atoms with Crippen molar-refractivity contribution in [3.63, 3.8) is 0 Å². The van der Waals surface area contributed by atoms with Gasteiger partial charge in [-0.2, -0.15) is 0 Å². The Kier molecular flexibility index (Phi) is 3.03. The van der Waals surface area contributed by atoms with E-state index in [1.807, 2.05) is 6.08 Å². The van der Waals surface area contributed by atoms with Gasteiger partial charge in [0.05, 0.1) is 5.60 Å². The van der Waals surface area contributed by atoms with Crippen LogP contribution in [0.1, 0.15) is 72.1 Å². The second-order valence-corrected chi connectivity index (χ2v) is 9.24. The molecule has 2 nitrogen and oxygen atoms in total. The molecule has 122 valence electrons. The van der Waals surface area contributed by atoms with Gasteiger partial charge in [-0.1, -0.05) is 19.4 Å². The van der Waals surface area contributed by atoms with Crippen LogP contribution in [0.3, 0.4) is 0 Å². The van der Waals surface area contributed by atoms with Crippen LogP contribution in [0.15, 0.2) is 11.6 Å². The third-order valence-corrected chi connectivity index (χ3v) is 8.52. The molecule has 4 rings (SSSR count). The van der Waals surface area contributed by atoms with Gasteiger partial charge >= 0.3 is 0 Å². The molecule has 0 aliphatic heterocycles. The zero-order chi connectivity index (χ0) is 15.8. The first-order chi connectivity index (χ1) is 10.3. The maximum absolute atomic E-state index is 11.8. The van der Waals surface area contributed by atoms with Crippen molar-refractivity contribution in [2.75, 3.05) is 0 Å². The van der Waals surface area contributed by atoms with Gasteiger partial charge in [-0.25, -0.2) is 0 Å². The molecule has 4 aliphatic rings. The van der Waals surface area contributed by atoms with E-state index >= 15 is 0 Å². The van der Waals surface area contributed by atoms with Gasteiger partial charge in [-0.15, -0.1) is 0 Å². The van der Waals surface area contributed by atoms with Crippen LogP contribution in [-0.4, -0.2) is 16.5 Å². The average molecular weight is 302 g/mol. The Morgan fingerprint density at radius 1 is 1.00 bits per heavy atom. The smallest absolute Gasteiger partial charge is 0.155 e. The number of carbonyl (C=O) groups is 1. The van der Waals surface area contributed by atoms with Crippen molar-refractivity contribution in [1.29, 1.82) is 0 Å². The molecule has 0 aromatic rings. The molecular weight excluding hydrogens is 272 g/mol. The lowest BCUT2D eigenvalue weighted by molar-refractivity contribution is -0.124. The number of aliphatic hydroxyl groups is 1. The van der Waals surface area contributed by atoms with Crippen LogP contribution in [-0.2, 0) is 4.79 Å². The highest BCUT2D eigenvalue weighted by molar-refractivity contribution is 5.91. The van der Waals surface area contributed by atoms with Crippen LogP contribution >= 0.6 is 0 Å². The minimum atomic E-state index is -0.484. The Balaban J connectivity index is 1.70. The minimum absolute atomic E-state index is 0.107. The molecule has 0 saturated heterocycles. The second kappa shape index (κ2) is 4.47. The van der Waals surface area contributed by atoms with Crippen LogP contribution in [0.5, 0.6) is 0 Å². The third kappa shape index (κ3) is 1.74. The summed E-state index contributed by atoms with van der Waals surface area (Å²) in [7, 11) is 0. The molecule has 0 amide bonds. The quantitative estimate of drug-likeness (QED) is 0.725. The van der Waals surface area contributed by atoms with Crippen LogP contribution in [0.4, 0.5) is 0 Å². The van der Waals surface area contributed by atoms with E-state index in [0.717, 1.165) is 43.9 Å². The van der Waals surface area contributed by atoms with Gasteiger partial charge in [0.25, 0.3) is 0 Å². The van der Waals surface area contributed by atoms with Crippen molar-refractivity contribution in [3.8, 4) is 0 Å². The fourth-order valence-corrected chi connectivity index (χ4v) is 6.80. The Morgan fingerprint density at radius 2 is 1.73 bits per heavy atom. The van der Waals surface area contributed by atoms with Crippen LogP contribution in [0.2, 0.25) is 0 Å². The molecule has 0 aromatic carbocycles. The lowest BCUT2D eigenvalue weighted by Gasteiger charge is -2.58. The summed E-state index contributed by atoms with van der Waals surface area (Å²) in [6, 6.07) is 0. The molecule has 6 atom stereocenters. The highest BCUT2D eigenvalue weighted by atomic mass is 16.3. The van der Waals surface area contributed by atoms with Gasteiger partial charge in [0, 0.05) is 6.42 Å². The first-order valence-electron chi connectivity index (χ1n) is 9.24. The van der Waals surface area contributed by atoms with Gasteiger partial charge in [-0.05, 0) is 86.5 Å². The fraction of sp³-hybridized carbons (Fsp3) is 0.850. The molecule has 0 spiro atoms. The molecule has 4 aliphatic carbocycles. The van der Waals surface area contributed by atoms with E-state index in [0.29, 0.717) is 11.7 Å². The topological polar surface area (TPSA) is 37.3 Å². The van der Waals surface area contributed by atoms with E-state index in [1.54, 1.807) is 0 Å². The highest BCUT2D eigenvalue weighted by Crippen LogP contribution is 2.67. The molecule has 0 aromatic heterocycles. The Morgan fingerprint density at radius 3 is 2.50 bits per heavy atom. The van der Waals surface area contributed by atoms with E-state index in [2.05, 4.69) is 20.8 Å². The SMILES string of the molecule is C[C@]1(O)CC[C@H]2[C@H]3CCC4=CC(=O)CC[C@@]4(C)[C@@H]3CC[C@@]21C. The minimum Gasteiger partial charge on any atom is -0.390 e. The summed E-state index contributed by atoms with van der Waals surface area (Å²) in [6.07, 6.45) is 10.7. The van der Waals surface area contributed by atoms with E-state index in [1.165, 1.54) is 24.8 Å². The van der Waals surface area contributed by atoms with Crippen molar-refractivity contribution in [3.05, 3.63) is 11.6 Å². The third-order valence-electron chi connectivity index (χ3n) is 8.52. The van der Waals surface area contributed by atoms with Crippen LogP contribution < -0.4 is 0 Å². The van der Waals surface area contributed by atoms with Gasteiger partial charge in [0.2, 0.25) is 0 Å². The molecule has 3 saturated carbocycles. The number of allylic oxidation sites excluding steroid dienone is 1. The van der Waals surface area contributed by atoms with Gasteiger partial charge in [0.1, 0.15) is 0 Å². The number of fused-ring (bicyclic) bond motifs is 5. The van der Waals surface area contributed by atoms with E-state index in [-0.39, 0.29) is 10.8 Å². The molecule has 22 heavy (non-hydrogen) atoms. The monoisotopic (exact) mass is 302 g/mol. The lowest BCUT2D eigenvalue weighted by Crippen LogP contribution is -2.53. The number of hydrogen-bond donors (Lipinski definition) is 1. The molecule has 0 heterocycles. The van der Waals surface area contributed by atoms with Crippen molar-refractivity contribution >= 4 is 5.78 Å². The predicted molar refractivity (Wildman–Crippen MR) is 87.3 cm³/mol. The maximum Gasteiger partial charge on any atom is 0.155 e. The Bertz CT molecular complexity index is 546. The van der Waals surface area contributed by atoms with Crippen molar-refractivity contribution < 1.29 is 9.90 Å². The number of rotatable bonds is 0. The largest absolute Gasteiger partial charge is 0.390 e. The zero-order valence-corrected chi connectivity index (χ0v) is 14.3. The number of ketones is 1. The lowest BCUT2D eigenvalue weighted by atomic mass is 9.46. The van der Waals surface area contributed by atoms with Crippen molar-refractivity contribution in [2.24, 2.45) is 28.6 Å². The molecule has 0 unspecified atom stereocenters. The van der Waals surface area contributed by atoms with Crippen molar-refractivity contribution in [2.45, 2.75) is 77.7 Å². The highest BCUT2D eigenvalue weighted by Gasteiger charge is 2.62. The summed E-state index contributed by atoms with van der Waals surface area (Å²) in [5, 5.41) is 10.9. The number of carbonyl (C=O) groups excluding carboxylic acids is 1. The zero-order valence-electron chi connectivity index (χ0n) is 14.3. The molecule has 0 bridgehead atoms. The summed E-state index contributed by atoms with van der Waals surface area (Å²) in [6.45, 7) is 6.85. The van der Waals surface area contributed by atoms with Gasteiger partial charge < -0.3 is 5.11 Å². The van der Waals surface area contributed by atoms with E-state index < -0.39 is 5.60 Å². The fourth-order valence-electron chi connectivity index (χ4n) is 6.80. The second-order valence-electron chi connectivity index (χ2n) is 9.24. The van der Waals surface area contributed by atoms with Crippen molar-refractivity contribution in [1.82, 2.24) is 0 Å². The molecule has 2 heteroatoms. The molecule has 3 fully saturated rings. The number of hydrogen-bond acceptors (Lipinski definition) is 2.